The SMILES string of the molecule is CCCn1c(-c2ccc(Cl)cc2Cl)nc2cc(C(=O)N/N=C/c3ccc(Br)cc3)ccc21. The highest BCUT2D eigenvalue weighted by atomic mass is 79.9. The van der Waals surface area contributed by atoms with Crippen molar-refractivity contribution in [3.63, 3.8) is 0 Å². The smallest absolute Gasteiger partial charge is 0.271 e. The molecule has 0 saturated carbocycles. The molecule has 0 bridgehead atoms. The van der Waals surface area contributed by atoms with E-state index in [2.05, 4.69) is 37.9 Å². The van der Waals surface area contributed by atoms with E-state index in [1.165, 1.54) is 0 Å². The molecule has 32 heavy (non-hydrogen) atoms. The van der Waals surface area contributed by atoms with Crippen LogP contribution in [0.2, 0.25) is 10.0 Å². The van der Waals surface area contributed by atoms with Crippen molar-refractivity contribution in [2.45, 2.75) is 19.9 Å². The summed E-state index contributed by atoms with van der Waals surface area (Å²) in [5, 5.41) is 5.15. The van der Waals surface area contributed by atoms with Crippen LogP contribution in [-0.4, -0.2) is 21.7 Å². The maximum atomic E-state index is 12.6. The first-order chi connectivity index (χ1) is 15.5. The summed E-state index contributed by atoms with van der Waals surface area (Å²) in [5.74, 6) is 0.436. The predicted octanol–water partition coefficient (Wildman–Crippen LogP) is 6.95. The Morgan fingerprint density at radius 2 is 1.91 bits per heavy atom. The van der Waals surface area contributed by atoms with E-state index < -0.39 is 0 Å². The summed E-state index contributed by atoms with van der Waals surface area (Å²) in [6, 6.07) is 18.4. The third-order valence-corrected chi connectivity index (χ3v) is 5.96. The Balaban J connectivity index is 1.63. The molecule has 0 unspecified atom stereocenters. The molecule has 4 aromatic rings. The second kappa shape index (κ2) is 9.86. The lowest BCUT2D eigenvalue weighted by Crippen LogP contribution is -2.17. The van der Waals surface area contributed by atoms with Gasteiger partial charge < -0.3 is 4.57 Å². The molecule has 3 aromatic carbocycles. The van der Waals surface area contributed by atoms with Crippen LogP contribution in [0.25, 0.3) is 22.4 Å². The van der Waals surface area contributed by atoms with Crippen molar-refractivity contribution in [3.8, 4) is 11.4 Å². The molecule has 0 spiro atoms. The predicted molar refractivity (Wildman–Crippen MR) is 135 cm³/mol. The molecule has 8 heteroatoms. The molecule has 1 amide bonds. The monoisotopic (exact) mass is 528 g/mol. The molecule has 5 nitrogen and oxygen atoms in total. The molecule has 1 heterocycles. The lowest BCUT2D eigenvalue weighted by molar-refractivity contribution is 0.0955. The fourth-order valence-corrected chi connectivity index (χ4v) is 4.13. The van der Waals surface area contributed by atoms with Gasteiger partial charge >= 0.3 is 0 Å². The van der Waals surface area contributed by atoms with E-state index in [4.69, 9.17) is 28.2 Å². The summed E-state index contributed by atoms with van der Waals surface area (Å²) in [7, 11) is 0. The Morgan fingerprint density at radius 3 is 2.62 bits per heavy atom. The maximum absolute atomic E-state index is 12.6. The van der Waals surface area contributed by atoms with E-state index in [0.717, 1.165) is 39.9 Å². The summed E-state index contributed by atoms with van der Waals surface area (Å²) in [6.07, 6.45) is 2.52. The highest BCUT2D eigenvalue weighted by molar-refractivity contribution is 9.10. The van der Waals surface area contributed by atoms with Gasteiger partial charge in [0.05, 0.1) is 22.3 Å². The van der Waals surface area contributed by atoms with Crippen molar-refractivity contribution in [1.29, 1.82) is 0 Å². The zero-order valence-electron chi connectivity index (χ0n) is 17.1. The number of hydrogen-bond donors (Lipinski definition) is 1. The molecule has 0 fully saturated rings. The van der Waals surface area contributed by atoms with Gasteiger partial charge in [0.15, 0.2) is 0 Å². The Labute approximate surface area is 204 Å². The first-order valence-corrected chi connectivity index (χ1v) is 11.6. The largest absolute Gasteiger partial charge is 0.324 e. The van der Waals surface area contributed by atoms with Gasteiger partial charge in [0, 0.05) is 27.2 Å². The van der Waals surface area contributed by atoms with Crippen LogP contribution in [0.5, 0.6) is 0 Å². The van der Waals surface area contributed by atoms with E-state index in [9.17, 15) is 4.79 Å². The second-order valence-electron chi connectivity index (χ2n) is 7.17. The summed E-state index contributed by atoms with van der Waals surface area (Å²) < 4.78 is 3.09. The Kier molecular flexibility index (Phi) is 6.94. The van der Waals surface area contributed by atoms with Crippen LogP contribution in [-0.2, 0) is 6.54 Å². The van der Waals surface area contributed by atoms with Crippen LogP contribution in [0.3, 0.4) is 0 Å². The molecular formula is C24H19BrCl2N4O. The van der Waals surface area contributed by atoms with Crippen LogP contribution in [0.1, 0.15) is 29.3 Å². The van der Waals surface area contributed by atoms with Gasteiger partial charge in [-0.25, -0.2) is 10.4 Å². The number of benzene rings is 3. The van der Waals surface area contributed by atoms with Gasteiger partial charge in [0.2, 0.25) is 0 Å². The first kappa shape index (κ1) is 22.5. The normalized spacial score (nSPS) is 11.4. The number of aryl methyl sites for hydroxylation is 1. The standard InChI is InChI=1S/C24H19BrCl2N4O/c1-2-11-31-22-10-5-16(24(32)30-28-14-15-3-6-17(25)7-4-15)12-21(22)29-23(31)19-9-8-18(26)13-20(19)27/h3-10,12-14H,2,11H2,1H3,(H,30,32)/b28-14+. The van der Waals surface area contributed by atoms with E-state index in [0.29, 0.717) is 21.1 Å². The van der Waals surface area contributed by atoms with Crippen molar-refractivity contribution in [3.05, 3.63) is 86.3 Å². The maximum Gasteiger partial charge on any atom is 0.271 e. The van der Waals surface area contributed by atoms with Crippen LogP contribution in [0, 0.1) is 0 Å². The van der Waals surface area contributed by atoms with Gasteiger partial charge in [0.1, 0.15) is 5.82 Å². The summed E-state index contributed by atoms with van der Waals surface area (Å²) in [4.78, 5) is 17.4. The van der Waals surface area contributed by atoms with Crippen molar-refractivity contribution >= 4 is 62.3 Å². The molecule has 1 aromatic heterocycles. The Morgan fingerprint density at radius 1 is 1.12 bits per heavy atom. The highest BCUT2D eigenvalue weighted by Gasteiger charge is 2.16. The van der Waals surface area contributed by atoms with Gasteiger partial charge in [-0.2, -0.15) is 5.10 Å². The molecule has 4 rings (SSSR count). The van der Waals surface area contributed by atoms with Crippen LogP contribution < -0.4 is 5.43 Å². The fourth-order valence-electron chi connectivity index (χ4n) is 3.38. The molecule has 0 aliphatic heterocycles. The van der Waals surface area contributed by atoms with Crippen LogP contribution >= 0.6 is 39.1 Å². The molecule has 162 valence electrons. The molecule has 0 saturated heterocycles. The number of rotatable bonds is 6. The molecule has 0 aliphatic rings. The molecule has 0 aliphatic carbocycles. The number of imidazole rings is 1. The number of hydrogen-bond acceptors (Lipinski definition) is 3. The van der Waals surface area contributed by atoms with Crippen LogP contribution in [0.15, 0.2) is 70.2 Å². The van der Waals surface area contributed by atoms with Crippen LogP contribution in [0.4, 0.5) is 0 Å². The third kappa shape index (κ3) is 4.88. The molecule has 0 radical (unpaired) electrons. The average molecular weight is 530 g/mol. The number of nitrogens with zero attached hydrogens (tertiary/aromatic N) is 3. The number of hydrazone groups is 1. The van der Waals surface area contributed by atoms with Gasteiger partial charge in [-0.05, 0) is 60.5 Å². The van der Waals surface area contributed by atoms with Gasteiger partial charge in [0.25, 0.3) is 5.91 Å². The molecular weight excluding hydrogens is 511 g/mol. The quantitative estimate of drug-likeness (QED) is 0.217. The number of nitrogens with one attached hydrogen (secondary N) is 1. The Hall–Kier alpha value is -2.67. The minimum Gasteiger partial charge on any atom is -0.324 e. The van der Waals surface area contributed by atoms with Gasteiger partial charge in [-0.15, -0.1) is 0 Å². The van der Waals surface area contributed by atoms with Gasteiger partial charge in [-0.1, -0.05) is 58.2 Å². The first-order valence-electron chi connectivity index (χ1n) is 10.0. The van der Waals surface area contributed by atoms with E-state index in [1.54, 1.807) is 30.5 Å². The summed E-state index contributed by atoms with van der Waals surface area (Å²) in [5.41, 5.74) is 6.36. The summed E-state index contributed by atoms with van der Waals surface area (Å²) in [6.45, 7) is 2.87. The minimum atomic E-state index is -0.309. The topological polar surface area (TPSA) is 59.3 Å². The van der Waals surface area contributed by atoms with Gasteiger partial charge in [-0.3, -0.25) is 4.79 Å². The Bertz CT molecular complexity index is 1320. The van der Waals surface area contributed by atoms with E-state index in [-0.39, 0.29) is 5.91 Å². The van der Waals surface area contributed by atoms with Crippen molar-refractivity contribution in [2.24, 2.45) is 5.10 Å². The number of amides is 1. The van der Waals surface area contributed by atoms with Crippen molar-refractivity contribution in [1.82, 2.24) is 15.0 Å². The minimum absolute atomic E-state index is 0.309. The lowest BCUT2D eigenvalue weighted by Gasteiger charge is -2.09. The average Bonchev–Trinajstić information content (AvgIpc) is 3.12. The second-order valence-corrected chi connectivity index (χ2v) is 8.92. The van der Waals surface area contributed by atoms with E-state index >= 15 is 0 Å². The number of aromatic nitrogens is 2. The summed E-state index contributed by atoms with van der Waals surface area (Å²) >= 11 is 15.9. The fraction of sp³-hybridized carbons (Fsp3) is 0.125. The number of carbonyl (C=O) groups excluding carboxylic acids is 1. The third-order valence-electron chi connectivity index (χ3n) is 4.88. The highest BCUT2D eigenvalue weighted by Crippen LogP contribution is 2.32. The van der Waals surface area contributed by atoms with E-state index in [1.807, 2.05) is 36.4 Å². The number of halogens is 3. The van der Waals surface area contributed by atoms with Crippen molar-refractivity contribution < 1.29 is 4.79 Å². The molecule has 1 N–H and O–H groups in total. The zero-order valence-corrected chi connectivity index (χ0v) is 20.2. The number of fused-ring (bicyclic) bond motifs is 1. The van der Waals surface area contributed by atoms with Crippen molar-refractivity contribution in [2.75, 3.05) is 0 Å². The zero-order chi connectivity index (χ0) is 22.7. The molecule has 0 atom stereocenters. The number of carbonyl (C=O) groups is 1. The lowest BCUT2D eigenvalue weighted by atomic mass is 10.2.